The van der Waals surface area contributed by atoms with E-state index in [0.717, 1.165) is 103 Å². The van der Waals surface area contributed by atoms with E-state index in [9.17, 15) is 29.7 Å². The molecule has 12 heterocycles. The van der Waals surface area contributed by atoms with E-state index in [1.165, 1.54) is 25.4 Å². The summed E-state index contributed by atoms with van der Waals surface area (Å²) in [6.07, 6.45) is 5.84. The minimum Gasteiger partial charge on any atom is -0.495 e. The third kappa shape index (κ3) is 17.9. The zero-order valence-corrected chi connectivity index (χ0v) is 70.2. The van der Waals surface area contributed by atoms with Crippen molar-refractivity contribution in [2.45, 2.75) is 57.2 Å². The number of amides is 3. The number of aliphatic hydroxyl groups excluding tert-OH is 3. The Kier molecular flexibility index (Phi) is 25.1. The van der Waals surface area contributed by atoms with Crippen LogP contribution in [0.2, 0.25) is 0 Å². The summed E-state index contributed by atoms with van der Waals surface area (Å²) in [6.45, 7) is 11.1. The van der Waals surface area contributed by atoms with E-state index in [2.05, 4.69) is 72.5 Å². The van der Waals surface area contributed by atoms with Crippen LogP contribution < -0.4 is 47.4 Å². The number of aromatic nitrogens is 15. The smallest absolute Gasteiger partial charge is 0.272 e. The molecule has 9 aromatic heterocycles. The van der Waals surface area contributed by atoms with Crippen LogP contribution in [-0.4, -0.2) is 257 Å². The molecule has 18 rings (SSSR count). The number of ether oxygens (including phenoxy) is 4. The first-order chi connectivity index (χ1) is 60.2. The number of fused-ring (bicyclic) bond motifs is 6. The van der Waals surface area contributed by atoms with Gasteiger partial charge in [-0.15, -0.1) is 0 Å². The van der Waals surface area contributed by atoms with Gasteiger partial charge in [0.25, 0.3) is 17.7 Å². The normalized spacial score (nSPS) is 15.0. The summed E-state index contributed by atoms with van der Waals surface area (Å²) >= 11 is 0. The van der Waals surface area contributed by atoms with E-state index >= 15 is 0 Å². The highest BCUT2D eigenvalue weighted by Gasteiger charge is 2.29. The molecule has 0 bridgehead atoms. The SMILES string of the molecule is COc1cc(-c2nn(CC(O)CN3CCCCC3)c3ncnc(N)c23)ccc1NC(=O)c1cc2ccccc2n1C.COc1cc(-c2nn(CC(O)CN3CCN(C)CC3)c3ncnc(N)c23)ccc1NC(=O)c1cc2ccccc2n1C.COc1cc(-c2nn(CC(O)CN3CCOCC3)c3ncnc(N)c23)ccc1NC(=O)c1cc2ccccc2n1C. The highest BCUT2D eigenvalue weighted by molar-refractivity contribution is 6.10. The molecule has 3 aliphatic heterocycles. The molecular weight excluding hydrogens is 1580 g/mol. The number of piperazine rings is 1. The molecule has 0 spiro atoms. The number of rotatable bonds is 24. The van der Waals surface area contributed by atoms with E-state index in [1.807, 2.05) is 144 Å². The Hall–Kier alpha value is -13.5. The molecular formula is C89H101N25O10. The molecule has 15 aromatic rings. The zero-order chi connectivity index (χ0) is 86.4. The van der Waals surface area contributed by atoms with Gasteiger partial charge in [-0.05, 0) is 106 Å². The van der Waals surface area contributed by atoms with Crippen LogP contribution in [0.25, 0.3) is 99.6 Å². The number of hydrogen-bond donors (Lipinski definition) is 9. The molecule has 124 heavy (non-hydrogen) atoms. The number of aliphatic hydroxyl groups is 3. The van der Waals surface area contributed by atoms with Crippen LogP contribution in [0.4, 0.5) is 34.5 Å². The number of nitrogen functional groups attached to an aromatic ring is 3. The molecule has 0 aliphatic carbocycles. The first kappa shape index (κ1) is 84.1. The number of likely N-dealkylation sites (N-methyl/N-ethyl adjacent to an activating group) is 1. The third-order valence-electron chi connectivity index (χ3n) is 23.1. The van der Waals surface area contributed by atoms with Gasteiger partial charge in [0.15, 0.2) is 16.9 Å². The Labute approximate surface area is 713 Å². The van der Waals surface area contributed by atoms with Gasteiger partial charge in [-0.1, -0.05) is 79.2 Å². The highest BCUT2D eigenvalue weighted by atomic mass is 16.5. The van der Waals surface area contributed by atoms with Crippen molar-refractivity contribution in [3.8, 4) is 51.0 Å². The number of nitrogens with one attached hydrogen (secondary N) is 3. The van der Waals surface area contributed by atoms with E-state index in [0.29, 0.717) is 157 Å². The molecule has 12 N–H and O–H groups in total. The molecule has 642 valence electrons. The summed E-state index contributed by atoms with van der Waals surface area (Å²) in [5.41, 5.74) is 30.4. The van der Waals surface area contributed by atoms with Crippen LogP contribution in [0.5, 0.6) is 17.2 Å². The summed E-state index contributed by atoms with van der Waals surface area (Å²) in [7, 11) is 12.4. The van der Waals surface area contributed by atoms with Crippen LogP contribution in [-0.2, 0) is 45.5 Å². The lowest BCUT2D eigenvalue weighted by atomic mass is 10.1. The molecule has 3 amide bonds. The van der Waals surface area contributed by atoms with Gasteiger partial charge >= 0.3 is 0 Å². The van der Waals surface area contributed by atoms with Gasteiger partial charge in [0.1, 0.15) is 87.8 Å². The number of benzene rings is 6. The number of methoxy groups -OCH3 is 3. The number of nitrogens with two attached hydrogens (primary N) is 3. The maximum Gasteiger partial charge on any atom is 0.272 e. The molecule has 3 atom stereocenters. The lowest BCUT2D eigenvalue weighted by Crippen LogP contribution is -2.47. The van der Waals surface area contributed by atoms with Gasteiger partial charge in [-0.2, -0.15) is 15.3 Å². The number of anilines is 6. The Balaban J connectivity index is 0.000000137. The number of aryl methyl sites for hydroxylation is 3. The zero-order valence-electron chi connectivity index (χ0n) is 70.2. The first-order valence-corrected chi connectivity index (χ1v) is 41.2. The van der Waals surface area contributed by atoms with Crippen LogP contribution >= 0.6 is 0 Å². The second kappa shape index (κ2) is 37.0. The Morgan fingerprint density at radius 3 is 1.03 bits per heavy atom. The molecule has 6 aromatic carbocycles. The van der Waals surface area contributed by atoms with E-state index in [-0.39, 0.29) is 43.2 Å². The monoisotopic (exact) mass is 1680 g/mol. The topological polar surface area (TPSA) is 422 Å². The number of piperidine rings is 1. The summed E-state index contributed by atoms with van der Waals surface area (Å²) in [4.78, 5) is 74.6. The second-order valence-corrected chi connectivity index (χ2v) is 31.4. The van der Waals surface area contributed by atoms with Crippen molar-refractivity contribution in [2.24, 2.45) is 21.1 Å². The summed E-state index contributed by atoms with van der Waals surface area (Å²) in [5.74, 6) is 1.52. The second-order valence-electron chi connectivity index (χ2n) is 31.4. The number of carbonyl (C=O) groups is 3. The van der Waals surface area contributed by atoms with Gasteiger partial charge in [0.05, 0.1) is 106 Å². The van der Waals surface area contributed by atoms with Gasteiger partial charge in [-0.3, -0.25) is 24.2 Å². The predicted molar refractivity (Wildman–Crippen MR) is 477 cm³/mol. The first-order valence-electron chi connectivity index (χ1n) is 41.2. The number of β-amino-alcohol motifs (C(OH)–C–C–N with tert-alkyl or cyclic N) is 3. The minimum atomic E-state index is -0.665. The van der Waals surface area contributed by atoms with Crippen LogP contribution in [0.1, 0.15) is 50.7 Å². The van der Waals surface area contributed by atoms with Crippen molar-refractivity contribution in [2.75, 3.05) is 147 Å². The Bertz CT molecular complexity index is 6160. The highest BCUT2D eigenvalue weighted by Crippen LogP contribution is 2.40. The summed E-state index contributed by atoms with van der Waals surface area (Å²) < 4.78 is 33.0. The van der Waals surface area contributed by atoms with Crippen LogP contribution in [0, 0.1) is 0 Å². The molecule has 35 heteroatoms. The van der Waals surface area contributed by atoms with Gasteiger partial charge < -0.3 is 90.9 Å². The molecule has 3 aliphatic rings. The maximum atomic E-state index is 13.2. The average Bonchev–Trinajstić information content (AvgIpc) is 1.64. The number of morpholine rings is 1. The Morgan fingerprint density at radius 2 is 0.710 bits per heavy atom. The molecule has 0 radical (unpaired) electrons. The average molecular weight is 1680 g/mol. The van der Waals surface area contributed by atoms with E-state index in [1.54, 1.807) is 71.8 Å². The molecule has 3 saturated heterocycles. The van der Waals surface area contributed by atoms with Gasteiger partial charge in [-0.25, -0.2) is 43.9 Å². The van der Waals surface area contributed by atoms with Crippen molar-refractivity contribution in [3.05, 3.63) is 182 Å². The number of carbonyl (C=O) groups excluding carboxylic acids is 3. The standard InChI is InChI=1S/C30H35N9O3.C30H34N8O3.C29H32N8O4/c1-36-10-12-38(13-11-36)16-21(40)17-39-29-26(28(31)32-18-33-29)27(35-39)20-8-9-22(25(15-20)42-3)34-30(41)24-14-19-6-4-5-7-23(19)37(24)2;1-36-23-9-5-4-8-19(23)14-24(36)30(40)34-22-11-10-20(15-25(22)41-2)27-26-28(31)32-18-33-29(26)38(35-27)17-21(39)16-37-12-6-3-7-13-37;1-35-22-6-4-3-5-18(22)13-23(35)29(39)33-21-8-7-19(14-24(21)40-2)26-25-27(30)31-17-32-28(25)37(34-26)16-20(38)15-36-9-11-41-12-10-36/h4-9,14-15,18,21,40H,10-13,16-17H2,1-3H3,(H,34,41)(H2,31,32,33);4-5,8-11,14-15,18,21,39H,3,6-7,12-13,16-17H2,1-2H3,(H,34,40)(H2,31,32,33);3-8,13-14,17,20,38H,9-12,15-16H2,1-2H3,(H,33,39)(H2,30,31,32). The summed E-state index contributed by atoms with van der Waals surface area (Å²) in [5, 5.41) is 60.8. The lowest BCUT2D eigenvalue weighted by Gasteiger charge is -2.33. The van der Waals surface area contributed by atoms with Gasteiger partial charge in [0.2, 0.25) is 0 Å². The third-order valence-corrected chi connectivity index (χ3v) is 23.1. The largest absolute Gasteiger partial charge is 0.495 e. The number of likely N-dealkylation sites (tertiary alicyclic amines) is 1. The summed E-state index contributed by atoms with van der Waals surface area (Å²) in [6, 6.07) is 45.4. The number of hydrogen-bond acceptors (Lipinski definition) is 26. The van der Waals surface area contributed by atoms with Crippen molar-refractivity contribution in [1.82, 2.24) is 92.5 Å². The lowest BCUT2D eigenvalue weighted by molar-refractivity contribution is 0.0111. The van der Waals surface area contributed by atoms with Crippen molar-refractivity contribution in [3.63, 3.8) is 0 Å². The quantitative estimate of drug-likeness (QED) is 0.0273. The fourth-order valence-corrected chi connectivity index (χ4v) is 16.6. The number of para-hydroxylation sites is 3. The maximum absolute atomic E-state index is 13.2. The Morgan fingerprint density at radius 1 is 0.395 bits per heavy atom. The van der Waals surface area contributed by atoms with Crippen molar-refractivity contribution < 1.29 is 48.7 Å². The molecule has 3 unspecified atom stereocenters. The minimum absolute atomic E-state index is 0.237. The number of nitrogens with zero attached hydrogens (tertiary/aromatic N) is 19. The molecule has 3 fully saturated rings. The molecule has 35 nitrogen and oxygen atoms in total. The van der Waals surface area contributed by atoms with E-state index in [4.69, 9.17) is 51.4 Å². The van der Waals surface area contributed by atoms with Gasteiger partial charge in [0, 0.05) is 129 Å². The van der Waals surface area contributed by atoms with Crippen molar-refractivity contribution in [1.29, 1.82) is 0 Å². The fourth-order valence-electron chi connectivity index (χ4n) is 16.6. The van der Waals surface area contributed by atoms with Crippen LogP contribution in [0.3, 0.4) is 0 Å². The molecule has 0 saturated carbocycles. The van der Waals surface area contributed by atoms with E-state index < -0.39 is 18.3 Å². The van der Waals surface area contributed by atoms with Crippen molar-refractivity contribution >= 4 is 118 Å². The predicted octanol–water partition coefficient (Wildman–Crippen LogP) is 8.63. The van der Waals surface area contributed by atoms with Crippen LogP contribution in [0.15, 0.2) is 165 Å². The fraction of sp³-hybridized carbons (Fsp3) is 0.326.